The third-order valence-electron chi connectivity index (χ3n) is 2.71. The van der Waals surface area contributed by atoms with Crippen molar-refractivity contribution in [2.45, 2.75) is 38.8 Å². The second-order valence-electron chi connectivity index (χ2n) is 5.76. The Balaban J connectivity index is 3.16. The van der Waals surface area contributed by atoms with Crippen LogP contribution in [0.25, 0.3) is 0 Å². The second kappa shape index (κ2) is 6.11. The fraction of sp³-hybridized carbons (Fsp3) is 0.467. The van der Waals surface area contributed by atoms with Gasteiger partial charge in [-0.05, 0) is 39.8 Å². The molecule has 0 aliphatic carbocycles. The summed E-state index contributed by atoms with van der Waals surface area (Å²) in [5.41, 5.74) is -2.37. The van der Waals surface area contributed by atoms with Crippen LogP contribution in [-0.4, -0.2) is 25.1 Å². The zero-order valence-corrected chi connectivity index (χ0v) is 12.8. The van der Waals surface area contributed by atoms with E-state index in [0.29, 0.717) is 6.29 Å². The molecule has 0 heterocycles. The largest absolute Gasteiger partial charge is 0.496 e. The Morgan fingerprint density at radius 1 is 1.29 bits per heavy atom. The number of carbonyl (C=O) groups excluding carboxylic acids is 2. The molecule has 1 rings (SSSR count). The lowest BCUT2D eigenvalue weighted by Crippen LogP contribution is -2.47. The lowest BCUT2D eigenvalue weighted by molar-refractivity contribution is -0.113. The van der Waals surface area contributed by atoms with Crippen molar-refractivity contribution in [2.75, 3.05) is 7.11 Å². The number of rotatable bonds is 4. The Hall–Kier alpha value is -2.11. The van der Waals surface area contributed by atoms with Crippen molar-refractivity contribution < 1.29 is 23.5 Å². The van der Waals surface area contributed by atoms with Crippen LogP contribution in [0, 0.1) is 5.82 Å². The van der Waals surface area contributed by atoms with E-state index in [1.54, 1.807) is 20.8 Å². The van der Waals surface area contributed by atoms with Crippen LogP contribution < -0.4 is 10.1 Å². The minimum absolute atomic E-state index is 0.0478. The molecule has 116 valence electrons. The van der Waals surface area contributed by atoms with Crippen LogP contribution in [0.15, 0.2) is 18.2 Å². The van der Waals surface area contributed by atoms with Crippen molar-refractivity contribution in [3.63, 3.8) is 0 Å². The van der Waals surface area contributed by atoms with Gasteiger partial charge >= 0.3 is 6.09 Å². The van der Waals surface area contributed by atoms with Gasteiger partial charge in [0, 0.05) is 0 Å². The number of benzene rings is 1. The van der Waals surface area contributed by atoms with Crippen molar-refractivity contribution in [1.29, 1.82) is 0 Å². The van der Waals surface area contributed by atoms with E-state index < -0.39 is 23.1 Å². The van der Waals surface area contributed by atoms with Gasteiger partial charge in [-0.3, -0.25) is 0 Å². The SMILES string of the molecule is COc1cccc(F)c1C(C)(C=O)NC(=O)OC(C)(C)C. The Kier molecular flexibility index (Phi) is 4.93. The molecule has 0 bridgehead atoms. The fourth-order valence-corrected chi connectivity index (χ4v) is 1.84. The van der Waals surface area contributed by atoms with E-state index in [1.165, 1.54) is 32.2 Å². The molecule has 5 nitrogen and oxygen atoms in total. The van der Waals surface area contributed by atoms with Gasteiger partial charge < -0.3 is 19.6 Å². The highest BCUT2D eigenvalue weighted by molar-refractivity contribution is 5.79. The molecule has 0 aromatic heterocycles. The summed E-state index contributed by atoms with van der Waals surface area (Å²) < 4.78 is 24.2. The summed E-state index contributed by atoms with van der Waals surface area (Å²) in [6, 6.07) is 4.16. The summed E-state index contributed by atoms with van der Waals surface area (Å²) in [7, 11) is 1.36. The highest BCUT2D eigenvalue weighted by Crippen LogP contribution is 2.31. The van der Waals surface area contributed by atoms with E-state index in [0.717, 1.165) is 0 Å². The van der Waals surface area contributed by atoms with Gasteiger partial charge in [0.2, 0.25) is 0 Å². The third kappa shape index (κ3) is 4.18. The van der Waals surface area contributed by atoms with Crippen LogP contribution in [0.5, 0.6) is 5.75 Å². The number of alkyl carbamates (subject to hydrolysis) is 1. The molecule has 0 aliphatic heterocycles. The summed E-state index contributed by atoms with van der Waals surface area (Å²) >= 11 is 0. The average Bonchev–Trinajstić information content (AvgIpc) is 2.35. The van der Waals surface area contributed by atoms with Crippen LogP contribution in [0.4, 0.5) is 9.18 Å². The first-order chi connectivity index (χ1) is 9.63. The highest BCUT2D eigenvalue weighted by Gasteiger charge is 2.35. The standard InChI is InChI=1S/C15H20FNO4/c1-14(2,3)21-13(19)17-15(4,9-18)12-10(16)7-6-8-11(12)20-5/h6-9H,1-5H3,(H,17,19). The Morgan fingerprint density at radius 3 is 2.38 bits per heavy atom. The quantitative estimate of drug-likeness (QED) is 0.868. The van der Waals surface area contributed by atoms with E-state index in [9.17, 15) is 14.0 Å². The molecule has 0 saturated heterocycles. The van der Waals surface area contributed by atoms with Gasteiger partial charge in [0.15, 0.2) is 0 Å². The van der Waals surface area contributed by atoms with Gasteiger partial charge in [-0.25, -0.2) is 9.18 Å². The van der Waals surface area contributed by atoms with Gasteiger partial charge in [0.25, 0.3) is 0 Å². The molecule has 1 atom stereocenters. The third-order valence-corrected chi connectivity index (χ3v) is 2.71. The molecule has 6 heteroatoms. The Labute approximate surface area is 123 Å². The molecule has 1 amide bonds. The molecule has 0 aliphatic rings. The lowest BCUT2D eigenvalue weighted by atomic mass is 9.92. The first kappa shape index (κ1) is 16.9. The summed E-state index contributed by atoms with van der Waals surface area (Å²) in [6.07, 6.45) is -0.375. The van der Waals surface area contributed by atoms with Gasteiger partial charge in [0.1, 0.15) is 29.0 Å². The number of nitrogens with one attached hydrogen (secondary N) is 1. The molecule has 1 unspecified atom stereocenters. The number of halogens is 1. The van der Waals surface area contributed by atoms with E-state index in [1.807, 2.05) is 0 Å². The smallest absolute Gasteiger partial charge is 0.408 e. The summed E-state index contributed by atoms with van der Waals surface area (Å²) in [5.74, 6) is -0.485. The molecule has 0 radical (unpaired) electrons. The van der Waals surface area contributed by atoms with Crippen molar-refractivity contribution in [3.8, 4) is 5.75 Å². The van der Waals surface area contributed by atoms with Crippen LogP contribution in [-0.2, 0) is 15.1 Å². The average molecular weight is 297 g/mol. The molecular formula is C15H20FNO4. The first-order valence-corrected chi connectivity index (χ1v) is 6.43. The van der Waals surface area contributed by atoms with Crippen LogP contribution >= 0.6 is 0 Å². The number of aldehydes is 1. The summed E-state index contributed by atoms with van der Waals surface area (Å²) in [4.78, 5) is 23.3. The second-order valence-corrected chi connectivity index (χ2v) is 5.76. The molecular weight excluding hydrogens is 277 g/mol. The molecule has 0 saturated carbocycles. The molecule has 1 aromatic carbocycles. The molecule has 1 aromatic rings. The number of ether oxygens (including phenoxy) is 2. The maximum absolute atomic E-state index is 14.1. The van der Waals surface area contributed by atoms with Crippen LogP contribution in [0.3, 0.4) is 0 Å². The molecule has 0 spiro atoms. The normalized spacial score (nSPS) is 14.0. The predicted molar refractivity (Wildman–Crippen MR) is 75.7 cm³/mol. The minimum atomic E-state index is -1.60. The number of methoxy groups -OCH3 is 1. The minimum Gasteiger partial charge on any atom is -0.496 e. The van der Waals surface area contributed by atoms with Gasteiger partial charge in [-0.1, -0.05) is 6.07 Å². The van der Waals surface area contributed by atoms with E-state index in [-0.39, 0.29) is 11.3 Å². The number of hydrogen-bond donors (Lipinski definition) is 1. The Bertz CT molecular complexity index is 539. The van der Waals surface area contributed by atoms with Crippen LogP contribution in [0.1, 0.15) is 33.3 Å². The number of carbonyl (C=O) groups is 2. The molecule has 1 N–H and O–H groups in total. The predicted octanol–water partition coefficient (Wildman–Crippen LogP) is 2.77. The van der Waals surface area contributed by atoms with Crippen molar-refractivity contribution in [3.05, 3.63) is 29.6 Å². The topological polar surface area (TPSA) is 64.6 Å². The summed E-state index contributed by atoms with van der Waals surface area (Å²) in [5, 5.41) is 2.38. The number of hydrogen-bond acceptors (Lipinski definition) is 4. The van der Waals surface area contributed by atoms with Crippen LogP contribution in [0.2, 0.25) is 0 Å². The lowest BCUT2D eigenvalue weighted by Gasteiger charge is -2.29. The zero-order chi connectivity index (χ0) is 16.3. The van der Waals surface area contributed by atoms with Gasteiger partial charge in [-0.2, -0.15) is 0 Å². The van der Waals surface area contributed by atoms with Crippen molar-refractivity contribution in [2.24, 2.45) is 0 Å². The van der Waals surface area contributed by atoms with E-state index in [2.05, 4.69) is 5.32 Å². The highest BCUT2D eigenvalue weighted by atomic mass is 19.1. The monoisotopic (exact) mass is 297 g/mol. The van der Waals surface area contributed by atoms with Crippen molar-refractivity contribution >= 4 is 12.4 Å². The van der Waals surface area contributed by atoms with E-state index >= 15 is 0 Å². The van der Waals surface area contributed by atoms with Crippen molar-refractivity contribution in [1.82, 2.24) is 5.32 Å². The molecule has 21 heavy (non-hydrogen) atoms. The first-order valence-electron chi connectivity index (χ1n) is 6.43. The van der Waals surface area contributed by atoms with Gasteiger partial charge in [0.05, 0.1) is 12.7 Å². The zero-order valence-electron chi connectivity index (χ0n) is 12.8. The fourth-order valence-electron chi connectivity index (χ4n) is 1.84. The van der Waals surface area contributed by atoms with E-state index in [4.69, 9.17) is 9.47 Å². The Morgan fingerprint density at radius 2 is 1.90 bits per heavy atom. The number of amides is 1. The van der Waals surface area contributed by atoms with Gasteiger partial charge in [-0.15, -0.1) is 0 Å². The maximum atomic E-state index is 14.1. The summed E-state index contributed by atoms with van der Waals surface area (Å²) in [6.45, 7) is 6.45. The molecule has 0 fully saturated rings. The maximum Gasteiger partial charge on any atom is 0.408 e.